The molecule has 1 aliphatic rings. The SMILES string of the molecule is O=NC1(Cn2cnc3ccc(Oc4ccc(OC(F)(F)F)cc4)cc32)COC1. The Kier molecular flexibility index (Phi) is 4.42. The van der Waals surface area contributed by atoms with Crippen molar-refractivity contribution in [2.24, 2.45) is 5.18 Å². The van der Waals surface area contributed by atoms with E-state index in [-0.39, 0.29) is 19.0 Å². The van der Waals surface area contributed by atoms with Crippen LogP contribution in [0.2, 0.25) is 0 Å². The summed E-state index contributed by atoms with van der Waals surface area (Å²) in [7, 11) is 0. The third-order valence-corrected chi connectivity index (χ3v) is 4.29. The van der Waals surface area contributed by atoms with Crippen LogP contribution in [0, 0.1) is 4.91 Å². The number of benzene rings is 2. The maximum absolute atomic E-state index is 12.2. The molecule has 28 heavy (non-hydrogen) atoms. The Balaban J connectivity index is 1.53. The molecule has 3 aromatic rings. The van der Waals surface area contributed by atoms with Gasteiger partial charge in [0.2, 0.25) is 0 Å². The van der Waals surface area contributed by atoms with E-state index in [4.69, 9.17) is 9.47 Å². The Labute approximate surface area is 156 Å². The zero-order chi connectivity index (χ0) is 19.8. The number of hydrogen-bond donors (Lipinski definition) is 0. The lowest BCUT2D eigenvalue weighted by Crippen LogP contribution is -2.50. The van der Waals surface area contributed by atoms with Gasteiger partial charge in [0.1, 0.15) is 17.2 Å². The van der Waals surface area contributed by atoms with Gasteiger partial charge < -0.3 is 18.8 Å². The molecule has 4 rings (SSSR count). The van der Waals surface area contributed by atoms with Crippen LogP contribution in [-0.2, 0) is 11.3 Å². The highest BCUT2D eigenvalue weighted by atomic mass is 19.4. The fourth-order valence-electron chi connectivity index (χ4n) is 2.90. The van der Waals surface area contributed by atoms with Crippen LogP contribution in [0.4, 0.5) is 13.2 Å². The smallest absolute Gasteiger partial charge is 0.457 e. The number of rotatable bonds is 6. The van der Waals surface area contributed by atoms with Crippen molar-refractivity contribution in [1.29, 1.82) is 0 Å². The molecule has 7 nitrogen and oxygen atoms in total. The quantitative estimate of drug-likeness (QED) is 0.585. The average molecular weight is 393 g/mol. The molecule has 2 aromatic carbocycles. The van der Waals surface area contributed by atoms with Crippen LogP contribution in [0.15, 0.2) is 54.0 Å². The van der Waals surface area contributed by atoms with Crippen molar-refractivity contribution in [2.45, 2.75) is 18.4 Å². The first-order valence-electron chi connectivity index (χ1n) is 8.27. The minimum Gasteiger partial charge on any atom is -0.457 e. The molecule has 0 aliphatic carbocycles. The molecular formula is C18H14F3N3O4. The zero-order valence-corrected chi connectivity index (χ0v) is 14.3. The summed E-state index contributed by atoms with van der Waals surface area (Å²) < 4.78 is 53.1. The molecule has 0 N–H and O–H groups in total. The van der Waals surface area contributed by atoms with E-state index < -0.39 is 11.9 Å². The summed E-state index contributed by atoms with van der Waals surface area (Å²) in [5, 5.41) is 3.18. The normalized spacial score (nSPS) is 15.8. The molecule has 0 unspecified atom stereocenters. The highest BCUT2D eigenvalue weighted by Gasteiger charge is 2.41. The number of nitroso groups, excluding NO2 is 1. The van der Waals surface area contributed by atoms with E-state index in [0.29, 0.717) is 23.6 Å². The van der Waals surface area contributed by atoms with Crippen LogP contribution in [0.1, 0.15) is 0 Å². The van der Waals surface area contributed by atoms with Gasteiger partial charge in [-0.05, 0) is 36.4 Å². The van der Waals surface area contributed by atoms with Crippen molar-refractivity contribution in [2.75, 3.05) is 13.2 Å². The van der Waals surface area contributed by atoms with Crippen LogP contribution in [0.25, 0.3) is 11.0 Å². The van der Waals surface area contributed by atoms with Gasteiger partial charge >= 0.3 is 6.36 Å². The second-order valence-electron chi connectivity index (χ2n) is 6.45. The van der Waals surface area contributed by atoms with Gasteiger partial charge in [-0.3, -0.25) is 0 Å². The molecule has 10 heteroatoms. The van der Waals surface area contributed by atoms with Crippen molar-refractivity contribution in [3.63, 3.8) is 0 Å². The standard InChI is InChI=1S/C18H14F3N3O4/c19-18(20,21)28-13-3-1-12(2-4-13)27-14-5-6-15-16(7-14)24(11-22-15)8-17(23-25)9-26-10-17/h1-7,11H,8-10H2. The molecule has 0 saturated carbocycles. The minimum atomic E-state index is -4.75. The molecule has 1 fully saturated rings. The van der Waals surface area contributed by atoms with Crippen LogP contribution < -0.4 is 9.47 Å². The lowest BCUT2D eigenvalue weighted by Gasteiger charge is -2.34. The monoisotopic (exact) mass is 393 g/mol. The maximum Gasteiger partial charge on any atom is 0.573 e. The van der Waals surface area contributed by atoms with Gasteiger partial charge in [-0.25, -0.2) is 4.98 Å². The van der Waals surface area contributed by atoms with Crippen LogP contribution in [0.3, 0.4) is 0 Å². The fraction of sp³-hybridized carbons (Fsp3) is 0.278. The minimum absolute atomic E-state index is 0.263. The van der Waals surface area contributed by atoms with Crippen molar-refractivity contribution in [3.05, 3.63) is 53.7 Å². The van der Waals surface area contributed by atoms with Crippen molar-refractivity contribution in [1.82, 2.24) is 9.55 Å². The summed E-state index contributed by atoms with van der Waals surface area (Å²) >= 11 is 0. The molecule has 1 saturated heterocycles. The molecule has 2 heterocycles. The second kappa shape index (κ2) is 6.79. The summed E-state index contributed by atoms with van der Waals surface area (Å²) in [6.07, 6.45) is -3.13. The molecule has 0 bridgehead atoms. The number of hydrogen-bond acceptors (Lipinski definition) is 6. The third-order valence-electron chi connectivity index (χ3n) is 4.29. The van der Waals surface area contributed by atoms with Gasteiger partial charge in [-0.2, -0.15) is 0 Å². The number of fused-ring (bicyclic) bond motifs is 1. The lowest BCUT2D eigenvalue weighted by molar-refractivity contribution is -0.274. The highest BCUT2D eigenvalue weighted by molar-refractivity contribution is 5.77. The van der Waals surface area contributed by atoms with Gasteiger partial charge in [-0.15, -0.1) is 18.1 Å². The number of imidazole rings is 1. The van der Waals surface area contributed by atoms with E-state index in [0.717, 1.165) is 5.52 Å². The number of aromatic nitrogens is 2. The molecule has 146 valence electrons. The van der Waals surface area contributed by atoms with Gasteiger partial charge in [0.15, 0.2) is 5.54 Å². The van der Waals surface area contributed by atoms with E-state index >= 15 is 0 Å². The Hall–Kier alpha value is -3.14. The Bertz CT molecular complexity index is 997. The fourth-order valence-corrected chi connectivity index (χ4v) is 2.90. The summed E-state index contributed by atoms with van der Waals surface area (Å²) in [6.45, 7) is 0.858. The number of halogens is 3. The van der Waals surface area contributed by atoms with E-state index in [1.54, 1.807) is 29.1 Å². The predicted octanol–water partition coefficient (Wildman–Crippen LogP) is 4.26. The molecule has 1 aliphatic heterocycles. The summed E-state index contributed by atoms with van der Waals surface area (Å²) in [5.74, 6) is 0.484. The molecule has 1 aromatic heterocycles. The Morgan fingerprint density at radius 2 is 1.79 bits per heavy atom. The van der Waals surface area contributed by atoms with Crippen LogP contribution >= 0.6 is 0 Å². The van der Waals surface area contributed by atoms with Gasteiger partial charge in [-0.1, -0.05) is 5.18 Å². The first-order valence-corrected chi connectivity index (χ1v) is 8.27. The number of alkyl halides is 3. The van der Waals surface area contributed by atoms with Crippen molar-refractivity contribution in [3.8, 4) is 17.2 Å². The molecule has 0 spiro atoms. The van der Waals surface area contributed by atoms with E-state index in [1.165, 1.54) is 24.3 Å². The molecular weight excluding hydrogens is 379 g/mol. The van der Waals surface area contributed by atoms with Crippen molar-refractivity contribution < 1.29 is 27.4 Å². The highest BCUT2D eigenvalue weighted by Crippen LogP contribution is 2.30. The molecule has 0 atom stereocenters. The summed E-state index contributed by atoms with van der Waals surface area (Å²) in [5.41, 5.74) is 0.658. The average Bonchev–Trinajstić information content (AvgIpc) is 3.01. The zero-order valence-electron chi connectivity index (χ0n) is 14.3. The van der Waals surface area contributed by atoms with Crippen molar-refractivity contribution >= 4 is 11.0 Å². The molecule has 0 radical (unpaired) electrons. The molecule has 0 amide bonds. The first kappa shape index (κ1) is 18.2. The largest absolute Gasteiger partial charge is 0.573 e. The maximum atomic E-state index is 12.2. The summed E-state index contributed by atoms with van der Waals surface area (Å²) in [6, 6.07) is 10.3. The lowest BCUT2D eigenvalue weighted by atomic mass is 9.99. The van der Waals surface area contributed by atoms with E-state index in [1.807, 2.05) is 0 Å². The predicted molar refractivity (Wildman–Crippen MR) is 92.3 cm³/mol. The third kappa shape index (κ3) is 3.77. The van der Waals surface area contributed by atoms with Gasteiger partial charge in [0.05, 0.1) is 37.1 Å². The Morgan fingerprint density at radius 3 is 2.39 bits per heavy atom. The Morgan fingerprint density at radius 1 is 1.11 bits per heavy atom. The number of ether oxygens (including phenoxy) is 3. The van der Waals surface area contributed by atoms with E-state index in [2.05, 4.69) is 14.9 Å². The first-order chi connectivity index (χ1) is 13.4. The topological polar surface area (TPSA) is 74.9 Å². The van der Waals surface area contributed by atoms with Gasteiger partial charge in [0, 0.05) is 6.07 Å². The van der Waals surface area contributed by atoms with Gasteiger partial charge in [0.25, 0.3) is 0 Å². The summed E-state index contributed by atoms with van der Waals surface area (Å²) in [4.78, 5) is 15.4. The van der Waals surface area contributed by atoms with E-state index in [9.17, 15) is 18.1 Å². The second-order valence-corrected chi connectivity index (χ2v) is 6.45. The van der Waals surface area contributed by atoms with Crippen LogP contribution in [0.5, 0.6) is 17.2 Å². The number of nitrogens with zero attached hydrogens (tertiary/aromatic N) is 3. The van der Waals surface area contributed by atoms with Crippen LogP contribution in [-0.4, -0.2) is 34.7 Å².